The number of esters is 1. The molecule has 0 fully saturated rings. The van der Waals surface area contributed by atoms with Gasteiger partial charge in [-0.15, -0.1) is 0 Å². The van der Waals surface area contributed by atoms with Crippen molar-refractivity contribution in [1.29, 1.82) is 0 Å². The summed E-state index contributed by atoms with van der Waals surface area (Å²) in [7, 11) is 1.16. The summed E-state index contributed by atoms with van der Waals surface area (Å²) in [4.78, 5) is 23.3. The van der Waals surface area contributed by atoms with E-state index < -0.39 is 11.8 Å². The number of hydrogen-bond acceptors (Lipinski definition) is 4. The number of ether oxygens (including phenoxy) is 1. The van der Waals surface area contributed by atoms with Gasteiger partial charge < -0.3 is 15.8 Å². The van der Waals surface area contributed by atoms with Crippen molar-refractivity contribution < 1.29 is 18.7 Å². The summed E-state index contributed by atoms with van der Waals surface area (Å²) in [6.45, 7) is 5.83. The standard InChI is InChI=1S/C15H21FN2O3/c1-15(2,3)12(17)8-13(19)18-9-5-6-11(16)10(7-9)14(20)21-4/h5-7,12H,8,17H2,1-4H3,(H,18,19). The molecule has 6 heteroatoms. The van der Waals surface area contributed by atoms with Gasteiger partial charge in [-0.05, 0) is 23.6 Å². The Morgan fingerprint density at radius 3 is 2.52 bits per heavy atom. The van der Waals surface area contributed by atoms with Crippen LogP contribution in [0.1, 0.15) is 37.6 Å². The van der Waals surface area contributed by atoms with Crippen LogP contribution in [0.4, 0.5) is 10.1 Å². The smallest absolute Gasteiger partial charge is 0.340 e. The molecule has 1 atom stereocenters. The highest BCUT2D eigenvalue weighted by Gasteiger charge is 2.23. The average molecular weight is 296 g/mol. The molecule has 1 amide bonds. The van der Waals surface area contributed by atoms with Crippen LogP contribution in [0, 0.1) is 11.2 Å². The third-order valence-corrected chi connectivity index (χ3v) is 3.17. The molecule has 1 rings (SSSR count). The molecule has 0 aliphatic heterocycles. The fourth-order valence-corrected chi connectivity index (χ4v) is 1.59. The number of halogens is 1. The van der Waals surface area contributed by atoms with Gasteiger partial charge in [0.2, 0.25) is 5.91 Å². The highest BCUT2D eigenvalue weighted by Crippen LogP contribution is 2.21. The summed E-state index contributed by atoms with van der Waals surface area (Å²) in [6, 6.07) is 3.41. The first-order valence-electron chi connectivity index (χ1n) is 6.58. The zero-order chi connectivity index (χ0) is 16.2. The summed E-state index contributed by atoms with van der Waals surface area (Å²) in [5.41, 5.74) is 5.83. The van der Waals surface area contributed by atoms with Crippen molar-refractivity contribution in [3.63, 3.8) is 0 Å². The molecule has 0 heterocycles. The maximum absolute atomic E-state index is 13.5. The lowest BCUT2D eigenvalue weighted by Crippen LogP contribution is -2.38. The van der Waals surface area contributed by atoms with E-state index in [4.69, 9.17) is 5.73 Å². The van der Waals surface area contributed by atoms with E-state index in [1.165, 1.54) is 12.1 Å². The highest BCUT2D eigenvalue weighted by molar-refractivity contribution is 5.94. The fourth-order valence-electron chi connectivity index (χ4n) is 1.59. The first-order valence-corrected chi connectivity index (χ1v) is 6.58. The lowest BCUT2D eigenvalue weighted by atomic mass is 9.85. The Morgan fingerprint density at radius 2 is 2.00 bits per heavy atom. The van der Waals surface area contributed by atoms with Crippen LogP contribution < -0.4 is 11.1 Å². The Kier molecular flexibility index (Phi) is 5.43. The van der Waals surface area contributed by atoms with Crippen LogP contribution in [-0.2, 0) is 9.53 Å². The number of carbonyl (C=O) groups excluding carboxylic acids is 2. The third-order valence-electron chi connectivity index (χ3n) is 3.17. The molecule has 5 nitrogen and oxygen atoms in total. The van der Waals surface area contributed by atoms with E-state index in [0.717, 1.165) is 13.2 Å². The SMILES string of the molecule is COC(=O)c1cc(NC(=O)CC(N)C(C)(C)C)ccc1F. The Morgan fingerprint density at radius 1 is 1.38 bits per heavy atom. The Bertz CT molecular complexity index is 538. The average Bonchev–Trinajstić information content (AvgIpc) is 2.38. The molecule has 0 aromatic heterocycles. The molecule has 0 spiro atoms. The topological polar surface area (TPSA) is 81.4 Å². The van der Waals surface area contributed by atoms with E-state index in [2.05, 4.69) is 10.1 Å². The van der Waals surface area contributed by atoms with Crippen LogP contribution in [0.15, 0.2) is 18.2 Å². The number of benzene rings is 1. The normalized spacial score (nSPS) is 12.7. The number of nitrogens with one attached hydrogen (secondary N) is 1. The number of amides is 1. The number of carbonyl (C=O) groups is 2. The van der Waals surface area contributed by atoms with Crippen LogP contribution in [0.3, 0.4) is 0 Å². The van der Waals surface area contributed by atoms with E-state index in [9.17, 15) is 14.0 Å². The van der Waals surface area contributed by atoms with Crippen LogP contribution in [-0.4, -0.2) is 25.0 Å². The van der Waals surface area contributed by atoms with Crippen molar-refractivity contribution >= 4 is 17.6 Å². The van der Waals surface area contributed by atoms with Gasteiger partial charge in [0.05, 0.1) is 12.7 Å². The van der Waals surface area contributed by atoms with Crippen molar-refractivity contribution in [1.82, 2.24) is 0 Å². The quantitative estimate of drug-likeness (QED) is 0.835. The monoisotopic (exact) mass is 296 g/mol. The molecular formula is C15H21FN2O3. The van der Waals surface area contributed by atoms with Gasteiger partial charge in [0, 0.05) is 18.2 Å². The second-order valence-electron chi connectivity index (χ2n) is 5.91. The maximum Gasteiger partial charge on any atom is 0.340 e. The lowest BCUT2D eigenvalue weighted by molar-refractivity contribution is -0.117. The molecule has 0 saturated carbocycles. The summed E-state index contributed by atoms with van der Waals surface area (Å²) in [5.74, 6) is -1.79. The first kappa shape index (κ1) is 17.1. The van der Waals surface area contributed by atoms with Crippen molar-refractivity contribution in [2.45, 2.75) is 33.2 Å². The minimum atomic E-state index is -0.796. The second kappa shape index (κ2) is 6.67. The first-order chi connectivity index (χ1) is 9.65. The van der Waals surface area contributed by atoms with Gasteiger partial charge in [0.15, 0.2) is 0 Å². The molecule has 3 N–H and O–H groups in total. The number of anilines is 1. The lowest BCUT2D eigenvalue weighted by Gasteiger charge is -2.26. The van der Waals surface area contributed by atoms with Crippen molar-refractivity contribution in [2.75, 3.05) is 12.4 Å². The molecular weight excluding hydrogens is 275 g/mol. The van der Waals surface area contributed by atoms with E-state index in [0.29, 0.717) is 5.69 Å². The molecule has 116 valence electrons. The summed E-state index contributed by atoms with van der Waals surface area (Å²) in [5, 5.41) is 2.60. The van der Waals surface area contributed by atoms with Crippen LogP contribution in [0.2, 0.25) is 0 Å². The zero-order valence-electron chi connectivity index (χ0n) is 12.7. The molecule has 0 bridgehead atoms. The molecule has 0 saturated heterocycles. The van der Waals surface area contributed by atoms with Crippen molar-refractivity contribution in [3.8, 4) is 0 Å². The Balaban J connectivity index is 2.80. The Labute approximate surface area is 123 Å². The summed E-state index contributed by atoms with van der Waals surface area (Å²) in [6.07, 6.45) is 0.133. The summed E-state index contributed by atoms with van der Waals surface area (Å²) < 4.78 is 18.0. The van der Waals surface area contributed by atoms with Gasteiger partial charge >= 0.3 is 5.97 Å². The van der Waals surface area contributed by atoms with Crippen molar-refractivity contribution in [3.05, 3.63) is 29.6 Å². The van der Waals surface area contributed by atoms with Gasteiger partial charge in [0.1, 0.15) is 5.82 Å². The van der Waals surface area contributed by atoms with Crippen molar-refractivity contribution in [2.24, 2.45) is 11.1 Å². The number of nitrogens with two attached hydrogens (primary N) is 1. The van der Waals surface area contributed by atoms with Gasteiger partial charge in [-0.3, -0.25) is 4.79 Å². The van der Waals surface area contributed by atoms with Crippen LogP contribution in [0.5, 0.6) is 0 Å². The van der Waals surface area contributed by atoms with Gasteiger partial charge in [-0.25, -0.2) is 9.18 Å². The molecule has 0 aliphatic rings. The number of methoxy groups -OCH3 is 1. The number of rotatable bonds is 4. The molecule has 1 aromatic rings. The molecule has 0 aliphatic carbocycles. The molecule has 1 unspecified atom stereocenters. The van der Waals surface area contributed by atoms with Gasteiger partial charge in [-0.2, -0.15) is 0 Å². The van der Waals surface area contributed by atoms with Crippen LogP contribution in [0.25, 0.3) is 0 Å². The minimum absolute atomic E-state index is 0.133. The second-order valence-corrected chi connectivity index (χ2v) is 5.91. The van der Waals surface area contributed by atoms with Gasteiger partial charge in [0.25, 0.3) is 0 Å². The minimum Gasteiger partial charge on any atom is -0.465 e. The predicted octanol–water partition coefficient (Wildman–Crippen LogP) is 2.31. The maximum atomic E-state index is 13.5. The zero-order valence-corrected chi connectivity index (χ0v) is 12.7. The predicted molar refractivity (Wildman–Crippen MR) is 78.4 cm³/mol. The molecule has 0 radical (unpaired) electrons. The van der Waals surface area contributed by atoms with Gasteiger partial charge in [-0.1, -0.05) is 20.8 Å². The fraction of sp³-hybridized carbons (Fsp3) is 0.467. The Hall–Kier alpha value is -1.95. The molecule has 21 heavy (non-hydrogen) atoms. The van der Waals surface area contributed by atoms with E-state index in [1.54, 1.807) is 0 Å². The number of hydrogen-bond donors (Lipinski definition) is 2. The highest BCUT2D eigenvalue weighted by atomic mass is 19.1. The van der Waals surface area contributed by atoms with E-state index in [-0.39, 0.29) is 29.3 Å². The largest absolute Gasteiger partial charge is 0.465 e. The molecule has 1 aromatic carbocycles. The van der Waals surface area contributed by atoms with Crippen LogP contribution >= 0.6 is 0 Å². The van der Waals surface area contributed by atoms with E-state index in [1.807, 2.05) is 20.8 Å². The third kappa shape index (κ3) is 4.82. The van der Waals surface area contributed by atoms with E-state index >= 15 is 0 Å². The summed E-state index contributed by atoms with van der Waals surface area (Å²) >= 11 is 0.